The SMILES string of the molecule is CCOC(CNCc1ncc(Cl)s1)OCC. The number of rotatable bonds is 8. The van der Waals surface area contributed by atoms with Crippen LogP contribution in [-0.2, 0) is 16.0 Å². The first-order valence-corrected chi connectivity index (χ1v) is 6.49. The van der Waals surface area contributed by atoms with Crippen molar-refractivity contribution in [3.63, 3.8) is 0 Å². The number of thiazole rings is 1. The zero-order chi connectivity index (χ0) is 11.8. The van der Waals surface area contributed by atoms with Crippen molar-refractivity contribution in [1.82, 2.24) is 10.3 Å². The summed E-state index contributed by atoms with van der Waals surface area (Å²) in [7, 11) is 0. The summed E-state index contributed by atoms with van der Waals surface area (Å²) >= 11 is 7.26. The van der Waals surface area contributed by atoms with Crippen molar-refractivity contribution in [3.8, 4) is 0 Å². The Morgan fingerprint density at radius 3 is 2.62 bits per heavy atom. The topological polar surface area (TPSA) is 43.4 Å². The highest BCUT2D eigenvalue weighted by Crippen LogP contribution is 2.17. The van der Waals surface area contributed by atoms with Crippen LogP contribution in [0.4, 0.5) is 0 Å². The number of nitrogens with one attached hydrogen (secondary N) is 1. The van der Waals surface area contributed by atoms with Gasteiger partial charge in [-0.25, -0.2) is 4.98 Å². The Morgan fingerprint density at radius 1 is 1.44 bits per heavy atom. The Hall–Kier alpha value is -0.200. The van der Waals surface area contributed by atoms with Gasteiger partial charge in [-0.3, -0.25) is 0 Å². The Kier molecular flexibility index (Phi) is 6.91. The third-order valence-corrected chi connectivity index (χ3v) is 2.93. The minimum atomic E-state index is -0.189. The van der Waals surface area contributed by atoms with Gasteiger partial charge in [0, 0.05) is 26.3 Å². The molecule has 1 N–H and O–H groups in total. The van der Waals surface area contributed by atoms with Gasteiger partial charge in [0.1, 0.15) is 9.34 Å². The van der Waals surface area contributed by atoms with Gasteiger partial charge in [0.2, 0.25) is 0 Å². The van der Waals surface area contributed by atoms with Gasteiger partial charge in [-0.05, 0) is 13.8 Å². The largest absolute Gasteiger partial charge is 0.352 e. The van der Waals surface area contributed by atoms with Crippen LogP contribution in [0.2, 0.25) is 4.34 Å². The van der Waals surface area contributed by atoms with Gasteiger partial charge in [-0.1, -0.05) is 11.6 Å². The summed E-state index contributed by atoms with van der Waals surface area (Å²) in [4.78, 5) is 4.15. The van der Waals surface area contributed by atoms with E-state index >= 15 is 0 Å². The maximum Gasteiger partial charge on any atom is 0.169 e. The molecule has 0 aliphatic rings. The van der Waals surface area contributed by atoms with Crippen molar-refractivity contribution >= 4 is 22.9 Å². The van der Waals surface area contributed by atoms with Gasteiger partial charge < -0.3 is 14.8 Å². The molecule has 0 unspecified atom stereocenters. The monoisotopic (exact) mass is 264 g/mol. The number of ether oxygens (including phenoxy) is 2. The van der Waals surface area contributed by atoms with Crippen LogP contribution in [-0.4, -0.2) is 31.0 Å². The van der Waals surface area contributed by atoms with Crippen LogP contribution in [0, 0.1) is 0 Å². The van der Waals surface area contributed by atoms with Gasteiger partial charge in [0.05, 0.1) is 6.20 Å². The van der Waals surface area contributed by atoms with E-state index in [9.17, 15) is 0 Å². The first-order chi connectivity index (χ1) is 7.76. The molecule has 0 saturated carbocycles. The van der Waals surface area contributed by atoms with E-state index in [2.05, 4.69) is 10.3 Å². The normalized spacial score (nSPS) is 11.2. The molecule has 0 aliphatic carbocycles. The zero-order valence-electron chi connectivity index (χ0n) is 9.53. The van der Waals surface area contributed by atoms with Crippen LogP contribution in [0.15, 0.2) is 6.20 Å². The second-order valence-electron chi connectivity index (χ2n) is 3.03. The Balaban J connectivity index is 2.21. The highest BCUT2D eigenvalue weighted by atomic mass is 35.5. The number of hydrogen-bond donors (Lipinski definition) is 1. The lowest BCUT2D eigenvalue weighted by Gasteiger charge is -2.16. The molecule has 1 rings (SSSR count). The number of hydrogen-bond acceptors (Lipinski definition) is 5. The maximum absolute atomic E-state index is 5.78. The molecule has 0 bridgehead atoms. The van der Waals surface area contributed by atoms with Crippen LogP contribution in [0.25, 0.3) is 0 Å². The lowest BCUT2D eigenvalue weighted by molar-refractivity contribution is -0.133. The highest BCUT2D eigenvalue weighted by molar-refractivity contribution is 7.15. The van der Waals surface area contributed by atoms with E-state index in [1.54, 1.807) is 6.20 Å². The quantitative estimate of drug-likeness (QED) is 0.732. The smallest absolute Gasteiger partial charge is 0.169 e. The molecular formula is C10H17ClN2O2S. The second kappa shape index (κ2) is 7.97. The molecule has 1 aromatic heterocycles. The van der Waals surface area contributed by atoms with Crippen LogP contribution in [0.1, 0.15) is 18.9 Å². The van der Waals surface area contributed by atoms with Crippen LogP contribution in [0.3, 0.4) is 0 Å². The number of nitrogens with zero attached hydrogens (tertiary/aromatic N) is 1. The van der Waals surface area contributed by atoms with Crippen molar-refractivity contribution < 1.29 is 9.47 Å². The van der Waals surface area contributed by atoms with E-state index in [0.717, 1.165) is 5.01 Å². The lowest BCUT2D eigenvalue weighted by Crippen LogP contribution is -2.31. The van der Waals surface area contributed by atoms with Crippen LogP contribution in [0.5, 0.6) is 0 Å². The molecule has 0 aliphatic heterocycles. The molecule has 0 saturated heterocycles. The molecular weight excluding hydrogens is 248 g/mol. The van der Waals surface area contributed by atoms with Crippen LogP contribution < -0.4 is 5.32 Å². The summed E-state index contributed by atoms with van der Waals surface area (Å²) in [5.74, 6) is 0. The van der Waals surface area contributed by atoms with Gasteiger partial charge in [0.25, 0.3) is 0 Å². The molecule has 1 aromatic rings. The van der Waals surface area contributed by atoms with E-state index in [0.29, 0.717) is 30.6 Å². The fourth-order valence-corrected chi connectivity index (χ4v) is 2.13. The molecule has 0 fully saturated rings. The molecule has 1 heterocycles. The lowest BCUT2D eigenvalue weighted by atomic mass is 10.5. The Morgan fingerprint density at radius 2 is 2.12 bits per heavy atom. The first-order valence-electron chi connectivity index (χ1n) is 5.30. The molecule has 0 spiro atoms. The van der Waals surface area contributed by atoms with Crippen molar-refractivity contribution in [2.24, 2.45) is 0 Å². The minimum absolute atomic E-state index is 0.189. The second-order valence-corrected chi connectivity index (χ2v) is 4.78. The van der Waals surface area contributed by atoms with Crippen LogP contribution >= 0.6 is 22.9 Å². The van der Waals surface area contributed by atoms with Gasteiger partial charge >= 0.3 is 0 Å². The van der Waals surface area contributed by atoms with Crippen molar-refractivity contribution in [1.29, 1.82) is 0 Å². The standard InChI is InChI=1S/C10H17ClN2O2S/c1-3-14-10(15-4-2)7-12-6-9-13-5-8(11)16-9/h5,10,12H,3-4,6-7H2,1-2H3. The zero-order valence-corrected chi connectivity index (χ0v) is 11.1. The minimum Gasteiger partial charge on any atom is -0.352 e. The number of halogens is 1. The number of aromatic nitrogens is 1. The van der Waals surface area contributed by atoms with Crippen molar-refractivity contribution in [2.45, 2.75) is 26.7 Å². The molecule has 0 aromatic carbocycles. The van der Waals surface area contributed by atoms with E-state index < -0.39 is 0 Å². The van der Waals surface area contributed by atoms with Gasteiger partial charge in [-0.2, -0.15) is 0 Å². The third-order valence-electron chi connectivity index (χ3n) is 1.82. The predicted molar refractivity (Wildman–Crippen MR) is 65.9 cm³/mol. The van der Waals surface area contributed by atoms with Crippen molar-refractivity contribution in [3.05, 3.63) is 15.5 Å². The third kappa shape index (κ3) is 5.23. The summed E-state index contributed by atoms with van der Waals surface area (Å²) in [6.45, 7) is 6.54. The van der Waals surface area contributed by atoms with Gasteiger partial charge in [-0.15, -0.1) is 11.3 Å². The molecule has 0 radical (unpaired) electrons. The molecule has 0 atom stereocenters. The van der Waals surface area contributed by atoms with E-state index in [-0.39, 0.29) is 6.29 Å². The molecule has 4 nitrogen and oxygen atoms in total. The Bertz CT molecular complexity index is 290. The highest BCUT2D eigenvalue weighted by Gasteiger charge is 2.07. The molecule has 0 amide bonds. The summed E-state index contributed by atoms with van der Waals surface area (Å²) < 4.78 is 11.5. The summed E-state index contributed by atoms with van der Waals surface area (Å²) in [6, 6.07) is 0. The predicted octanol–water partition coefficient (Wildman–Crippen LogP) is 2.29. The maximum atomic E-state index is 5.78. The molecule has 16 heavy (non-hydrogen) atoms. The molecule has 92 valence electrons. The first kappa shape index (κ1) is 13.9. The summed E-state index contributed by atoms with van der Waals surface area (Å²) in [6.07, 6.45) is 1.47. The summed E-state index contributed by atoms with van der Waals surface area (Å²) in [5, 5.41) is 4.19. The van der Waals surface area contributed by atoms with Gasteiger partial charge in [0.15, 0.2) is 6.29 Å². The summed E-state index contributed by atoms with van der Waals surface area (Å²) in [5.41, 5.74) is 0. The average Bonchev–Trinajstić information content (AvgIpc) is 2.65. The Labute approximate surface area is 105 Å². The van der Waals surface area contributed by atoms with E-state index in [4.69, 9.17) is 21.1 Å². The average molecular weight is 265 g/mol. The van der Waals surface area contributed by atoms with E-state index in [1.807, 2.05) is 13.8 Å². The van der Waals surface area contributed by atoms with Crippen molar-refractivity contribution in [2.75, 3.05) is 19.8 Å². The molecule has 6 heteroatoms. The fraction of sp³-hybridized carbons (Fsp3) is 0.700. The fourth-order valence-electron chi connectivity index (χ4n) is 1.20. The van der Waals surface area contributed by atoms with E-state index in [1.165, 1.54) is 11.3 Å².